The Balaban J connectivity index is 2.77. The van der Waals surface area contributed by atoms with E-state index in [4.69, 9.17) is 22.6 Å². The number of esters is 1. The van der Waals surface area contributed by atoms with Crippen molar-refractivity contribution in [2.75, 3.05) is 12.8 Å². The fourth-order valence-corrected chi connectivity index (χ4v) is 1.95. The molecular weight excluding hydrogens is 285 g/mol. The standard InChI is InChI=1S/C13H9ClFN3O2/c1-20-13(19)12-11(17)7(5-16)6-18(12)9-4-2-3-8(14)10(9)15/h2-4,6H,17H2,1H3. The van der Waals surface area contributed by atoms with Crippen LogP contribution in [-0.4, -0.2) is 17.6 Å². The fourth-order valence-electron chi connectivity index (χ4n) is 1.78. The van der Waals surface area contributed by atoms with Gasteiger partial charge < -0.3 is 15.0 Å². The quantitative estimate of drug-likeness (QED) is 0.863. The second-order valence-corrected chi connectivity index (χ2v) is 4.26. The van der Waals surface area contributed by atoms with Gasteiger partial charge in [0.05, 0.1) is 29.1 Å². The minimum Gasteiger partial charge on any atom is -0.464 e. The molecule has 0 saturated heterocycles. The molecule has 0 unspecified atom stereocenters. The number of rotatable bonds is 2. The summed E-state index contributed by atoms with van der Waals surface area (Å²) in [4.78, 5) is 11.8. The number of carbonyl (C=O) groups excluding carboxylic acids is 1. The Morgan fingerprint density at radius 1 is 1.55 bits per heavy atom. The van der Waals surface area contributed by atoms with Gasteiger partial charge in [0.2, 0.25) is 0 Å². The van der Waals surface area contributed by atoms with E-state index in [1.807, 2.05) is 6.07 Å². The molecule has 0 fully saturated rings. The van der Waals surface area contributed by atoms with E-state index in [-0.39, 0.29) is 27.7 Å². The van der Waals surface area contributed by atoms with Crippen LogP contribution in [0.2, 0.25) is 5.02 Å². The van der Waals surface area contributed by atoms with Gasteiger partial charge in [-0.3, -0.25) is 0 Å². The van der Waals surface area contributed by atoms with Crippen molar-refractivity contribution in [3.63, 3.8) is 0 Å². The molecule has 0 bridgehead atoms. The smallest absolute Gasteiger partial charge is 0.357 e. The van der Waals surface area contributed by atoms with Crippen molar-refractivity contribution in [1.82, 2.24) is 4.57 Å². The lowest BCUT2D eigenvalue weighted by molar-refractivity contribution is 0.0593. The van der Waals surface area contributed by atoms with E-state index < -0.39 is 11.8 Å². The molecule has 0 aliphatic rings. The number of nitrogens with two attached hydrogens (primary N) is 1. The number of halogens is 2. The highest BCUT2D eigenvalue weighted by Gasteiger charge is 2.23. The maximum Gasteiger partial charge on any atom is 0.357 e. The third-order valence-corrected chi connectivity index (χ3v) is 3.03. The highest BCUT2D eigenvalue weighted by atomic mass is 35.5. The molecule has 1 aromatic carbocycles. The lowest BCUT2D eigenvalue weighted by Crippen LogP contribution is -2.12. The number of nitriles is 1. The van der Waals surface area contributed by atoms with Crippen LogP contribution < -0.4 is 5.73 Å². The molecule has 102 valence electrons. The number of hydrogen-bond acceptors (Lipinski definition) is 4. The van der Waals surface area contributed by atoms with Crippen LogP contribution in [0.1, 0.15) is 16.1 Å². The molecule has 0 aliphatic carbocycles. The Hall–Kier alpha value is -2.52. The molecule has 0 aliphatic heterocycles. The van der Waals surface area contributed by atoms with E-state index in [2.05, 4.69) is 4.74 Å². The first kappa shape index (κ1) is 13.9. The normalized spacial score (nSPS) is 10.1. The average Bonchev–Trinajstić information content (AvgIpc) is 2.77. The number of anilines is 1. The summed E-state index contributed by atoms with van der Waals surface area (Å²) in [5.41, 5.74) is 5.58. The van der Waals surface area contributed by atoms with Gasteiger partial charge in [0, 0.05) is 6.20 Å². The number of ether oxygens (including phenoxy) is 1. The zero-order valence-corrected chi connectivity index (χ0v) is 11.1. The van der Waals surface area contributed by atoms with Crippen molar-refractivity contribution in [1.29, 1.82) is 5.26 Å². The Bertz CT molecular complexity index is 734. The second-order valence-electron chi connectivity index (χ2n) is 3.85. The largest absolute Gasteiger partial charge is 0.464 e. The molecule has 2 N–H and O–H groups in total. The van der Waals surface area contributed by atoms with Gasteiger partial charge in [-0.15, -0.1) is 0 Å². The number of carbonyl (C=O) groups is 1. The van der Waals surface area contributed by atoms with Gasteiger partial charge in [-0.2, -0.15) is 5.26 Å². The SMILES string of the molecule is COC(=O)c1c(N)c(C#N)cn1-c1cccc(Cl)c1F. The van der Waals surface area contributed by atoms with Crippen LogP contribution in [0.4, 0.5) is 10.1 Å². The topological polar surface area (TPSA) is 81.0 Å². The summed E-state index contributed by atoms with van der Waals surface area (Å²) >= 11 is 5.71. The average molecular weight is 294 g/mol. The molecule has 2 aromatic rings. The molecule has 0 amide bonds. The highest BCUT2D eigenvalue weighted by molar-refractivity contribution is 6.30. The Morgan fingerprint density at radius 2 is 2.25 bits per heavy atom. The summed E-state index contributed by atoms with van der Waals surface area (Å²) in [6, 6.07) is 6.13. The summed E-state index contributed by atoms with van der Waals surface area (Å²) in [5.74, 6) is -1.50. The first-order valence-electron chi connectivity index (χ1n) is 5.44. The number of benzene rings is 1. The predicted octanol–water partition coefficient (Wildman–Crippen LogP) is 2.51. The van der Waals surface area contributed by atoms with Gasteiger partial charge in [-0.25, -0.2) is 9.18 Å². The second kappa shape index (κ2) is 5.23. The Kier molecular flexibility index (Phi) is 3.63. The molecular formula is C13H9ClFN3O2. The van der Waals surface area contributed by atoms with Crippen molar-refractivity contribution >= 4 is 23.3 Å². The maximum atomic E-state index is 14.1. The van der Waals surface area contributed by atoms with Gasteiger partial charge in [0.25, 0.3) is 0 Å². The van der Waals surface area contributed by atoms with Crippen LogP contribution in [0.15, 0.2) is 24.4 Å². The van der Waals surface area contributed by atoms with Gasteiger partial charge in [-0.1, -0.05) is 17.7 Å². The summed E-state index contributed by atoms with van der Waals surface area (Å²) < 4.78 is 19.8. The van der Waals surface area contributed by atoms with E-state index in [1.165, 1.54) is 31.5 Å². The monoisotopic (exact) mass is 293 g/mol. The summed E-state index contributed by atoms with van der Waals surface area (Å²) in [6.07, 6.45) is 1.26. The van der Waals surface area contributed by atoms with Crippen molar-refractivity contribution in [3.8, 4) is 11.8 Å². The van der Waals surface area contributed by atoms with Crippen LogP contribution in [-0.2, 0) is 4.74 Å². The fraction of sp³-hybridized carbons (Fsp3) is 0.0769. The zero-order valence-electron chi connectivity index (χ0n) is 10.4. The summed E-state index contributed by atoms with van der Waals surface area (Å²) in [7, 11) is 1.17. The minimum absolute atomic E-state index is 0.00565. The zero-order chi connectivity index (χ0) is 14.9. The lowest BCUT2D eigenvalue weighted by Gasteiger charge is -2.10. The maximum absolute atomic E-state index is 14.1. The Morgan fingerprint density at radius 3 is 2.85 bits per heavy atom. The van der Waals surface area contributed by atoms with Gasteiger partial charge >= 0.3 is 5.97 Å². The van der Waals surface area contributed by atoms with Crippen LogP contribution in [0.3, 0.4) is 0 Å². The molecule has 0 spiro atoms. The van der Waals surface area contributed by atoms with E-state index in [9.17, 15) is 9.18 Å². The van der Waals surface area contributed by atoms with E-state index in [0.717, 1.165) is 4.57 Å². The molecule has 20 heavy (non-hydrogen) atoms. The van der Waals surface area contributed by atoms with Crippen LogP contribution in [0.25, 0.3) is 5.69 Å². The molecule has 0 atom stereocenters. The molecule has 1 aromatic heterocycles. The summed E-state index contributed by atoms with van der Waals surface area (Å²) in [6.45, 7) is 0. The predicted molar refractivity (Wildman–Crippen MR) is 71.2 cm³/mol. The molecule has 7 heteroatoms. The molecule has 5 nitrogen and oxygen atoms in total. The number of aromatic nitrogens is 1. The number of methoxy groups -OCH3 is 1. The molecule has 1 heterocycles. The lowest BCUT2D eigenvalue weighted by atomic mass is 10.2. The van der Waals surface area contributed by atoms with Crippen LogP contribution in [0.5, 0.6) is 0 Å². The first-order chi connectivity index (χ1) is 9.51. The highest BCUT2D eigenvalue weighted by Crippen LogP contribution is 2.28. The van der Waals surface area contributed by atoms with Crippen molar-refractivity contribution in [3.05, 3.63) is 46.5 Å². The van der Waals surface area contributed by atoms with E-state index in [1.54, 1.807) is 0 Å². The number of nitrogens with zero attached hydrogens (tertiary/aromatic N) is 2. The number of nitrogen functional groups attached to an aromatic ring is 1. The van der Waals surface area contributed by atoms with Gasteiger partial charge in [0.15, 0.2) is 11.5 Å². The third-order valence-electron chi connectivity index (χ3n) is 2.73. The minimum atomic E-state index is -0.775. The van der Waals surface area contributed by atoms with Gasteiger partial charge in [0.1, 0.15) is 6.07 Å². The van der Waals surface area contributed by atoms with E-state index >= 15 is 0 Å². The first-order valence-corrected chi connectivity index (χ1v) is 5.82. The van der Waals surface area contributed by atoms with Crippen molar-refractivity contribution in [2.24, 2.45) is 0 Å². The van der Waals surface area contributed by atoms with Gasteiger partial charge in [-0.05, 0) is 12.1 Å². The van der Waals surface area contributed by atoms with E-state index in [0.29, 0.717) is 0 Å². The van der Waals surface area contributed by atoms with Crippen molar-refractivity contribution in [2.45, 2.75) is 0 Å². The Labute approximate surface area is 118 Å². The molecule has 2 rings (SSSR count). The molecule has 0 radical (unpaired) electrons. The number of hydrogen-bond donors (Lipinski definition) is 1. The third kappa shape index (κ3) is 2.08. The summed E-state index contributed by atoms with van der Waals surface area (Å²) in [5, 5.41) is 8.86. The van der Waals surface area contributed by atoms with Crippen LogP contribution in [0, 0.1) is 17.1 Å². The van der Waals surface area contributed by atoms with Crippen LogP contribution >= 0.6 is 11.6 Å². The molecule has 0 saturated carbocycles. The van der Waals surface area contributed by atoms with Crippen molar-refractivity contribution < 1.29 is 13.9 Å².